The number of nitrogens with one attached hydrogen (secondary N) is 2. The zero-order chi connectivity index (χ0) is 19.1. The number of anilines is 1. The van der Waals surface area contributed by atoms with Gasteiger partial charge >= 0.3 is 0 Å². The van der Waals surface area contributed by atoms with Gasteiger partial charge in [0.25, 0.3) is 0 Å². The topological polar surface area (TPSA) is 112 Å². The fourth-order valence-electron chi connectivity index (χ4n) is 2.91. The zero-order valence-electron chi connectivity index (χ0n) is 15.2. The van der Waals surface area contributed by atoms with Crippen molar-refractivity contribution in [1.82, 2.24) is 25.1 Å². The first-order valence-electron chi connectivity index (χ1n) is 8.72. The average Bonchev–Trinajstić information content (AvgIpc) is 3.17. The highest BCUT2D eigenvalue weighted by Gasteiger charge is 2.27. The van der Waals surface area contributed by atoms with Gasteiger partial charge in [-0.3, -0.25) is 20.1 Å². The Morgan fingerprint density at radius 2 is 2.30 bits per heavy atom. The Hall–Kier alpha value is -3.36. The molecular weight excluding hydrogens is 344 g/mol. The van der Waals surface area contributed by atoms with Crippen molar-refractivity contribution in [3.8, 4) is 11.5 Å². The number of piperidine rings is 1. The largest absolute Gasteiger partial charge is 0.359 e. The molecule has 1 saturated heterocycles. The van der Waals surface area contributed by atoms with Crippen LogP contribution in [-0.4, -0.2) is 56.6 Å². The molecule has 2 aromatic heterocycles. The van der Waals surface area contributed by atoms with E-state index in [1.165, 1.54) is 6.20 Å². The fraction of sp³-hybridized carbons (Fsp3) is 0.333. The number of aliphatic imine (C=N–C) groups is 2. The van der Waals surface area contributed by atoms with Crippen LogP contribution in [0, 0.1) is 5.92 Å². The van der Waals surface area contributed by atoms with Crippen LogP contribution in [0.4, 0.5) is 5.95 Å². The summed E-state index contributed by atoms with van der Waals surface area (Å²) in [6.07, 6.45) is 6.54. The number of nitrogens with zero attached hydrogens (tertiary/aromatic N) is 6. The second kappa shape index (κ2) is 8.84. The van der Waals surface area contributed by atoms with Crippen molar-refractivity contribution in [2.45, 2.75) is 19.8 Å². The maximum absolute atomic E-state index is 12.6. The Kier molecular flexibility index (Phi) is 6.03. The normalized spacial score (nSPS) is 17.9. The number of likely N-dealkylation sites (tertiary alicyclic amines) is 1. The first kappa shape index (κ1) is 18.4. The second-order valence-corrected chi connectivity index (χ2v) is 6.17. The quantitative estimate of drug-likeness (QED) is 0.622. The number of aromatic nitrogens is 4. The molecule has 1 aliphatic heterocycles. The monoisotopic (exact) mass is 366 g/mol. The summed E-state index contributed by atoms with van der Waals surface area (Å²) in [7, 11) is 0. The summed E-state index contributed by atoms with van der Waals surface area (Å²) in [6, 6.07) is 5.51. The molecular formula is C18H22N8O. The van der Waals surface area contributed by atoms with E-state index < -0.39 is 0 Å². The number of H-pyrrole nitrogens is 1. The van der Waals surface area contributed by atoms with Crippen LogP contribution in [0.1, 0.15) is 19.8 Å². The molecule has 9 nitrogen and oxygen atoms in total. The molecule has 1 aliphatic rings. The molecule has 27 heavy (non-hydrogen) atoms. The van der Waals surface area contributed by atoms with Gasteiger partial charge in [-0.15, -0.1) is 10.2 Å². The summed E-state index contributed by atoms with van der Waals surface area (Å²) in [5.41, 5.74) is 0.670. The smallest absolute Gasteiger partial charge is 0.231 e. The molecule has 3 rings (SSSR count). The van der Waals surface area contributed by atoms with Crippen LogP contribution in [0.5, 0.6) is 0 Å². The molecule has 0 aliphatic carbocycles. The van der Waals surface area contributed by atoms with Crippen molar-refractivity contribution in [1.29, 1.82) is 0 Å². The number of pyridine rings is 1. The number of hydrogen-bond donors (Lipinski definition) is 2. The lowest BCUT2D eigenvalue weighted by molar-refractivity contribution is -0.121. The van der Waals surface area contributed by atoms with E-state index in [4.69, 9.17) is 0 Å². The molecule has 2 N–H and O–H groups in total. The Bertz CT molecular complexity index is 842. The highest BCUT2D eigenvalue weighted by Crippen LogP contribution is 2.19. The Morgan fingerprint density at radius 3 is 3.07 bits per heavy atom. The van der Waals surface area contributed by atoms with Crippen LogP contribution < -0.4 is 5.32 Å². The summed E-state index contributed by atoms with van der Waals surface area (Å²) in [4.78, 5) is 29.9. The van der Waals surface area contributed by atoms with Crippen molar-refractivity contribution in [2.24, 2.45) is 15.9 Å². The van der Waals surface area contributed by atoms with Crippen LogP contribution in [0.25, 0.3) is 11.5 Å². The predicted octanol–water partition coefficient (Wildman–Crippen LogP) is 2.11. The van der Waals surface area contributed by atoms with Crippen LogP contribution in [0.15, 0.2) is 46.8 Å². The van der Waals surface area contributed by atoms with Gasteiger partial charge < -0.3 is 9.88 Å². The first-order chi connectivity index (χ1) is 13.2. The molecule has 0 saturated carbocycles. The van der Waals surface area contributed by atoms with Crippen LogP contribution in [0.2, 0.25) is 0 Å². The Balaban J connectivity index is 1.61. The number of amides is 1. The van der Waals surface area contributed by atoms with E-state index in [1.54, 1.807) is 12.4 Å². The van der Waals surface area contributed by atoms with Crippen molar-refractivity contribution >= 4 is 24.4 Å². The summed E-state index contributed by atoms with van der Waals surface area (Å²) < 4.78 is 0. The van der Waals surface area contributed by atoms with Gasteiger partial charge in [0.15, 0.2) is 5.82 Å². The van der Waals surface area contributed by atoms with Crippen LogP contribution >= 0.6 is 0 Å². The summed E-state index contributed by atoms with van der Waals surface area (Å²) >= 11 is 0. The second-order valence-electron chi connectivity index (χ2n) is 6.17. The molecule has 0 radical (unpaired) electrons. The minimum Gasteiger partial charge on any atom is -0.359 e. The lowest BCUT2D eigenvalue weighted by atomic mass is 9.97. The number of rotatable bonds is 5. The number of carbonyl (C=O) groups excluding carboxylic acids is 1. The van der Waals surface area contributed by atoms with Crippen molar-refractivity contribution in [3.63, 3.8) is 0 Å². The van der Waals surface area contributed by atoms with Crippen LogP contribution in [-0.2, 0) is 4.79 Å². The molecule has 1 unspecified atom stereocenters. The van der Waals surface area contributed by atoms with E-state index in [-0.39, 0.29) is 11.8 Å². The Morgan fingerprint density at radius 1 is 1.41 bits per heavy atom. The van der Waals surface area contributed by atoms with E-state index in [1.807, 2.05) is 25.1 Å². The molecule has 0 spiro atoms. The molecule has 2 aromatic rings. The van der Waals surface area contributed by atoms with Crippen molar-refractivity contribution in [3.05, 3.63) is 36.8 Å². The SMILES string of the molecule is C=N/C=C\N=C(/C)N1CCCC(C(=O)Nc2nnc(-c3ccccn3)[nH]2)C1. The van der Waals surface area contributed by atoms with Gasteiger partial charge in [0.2, 0.25) is 11.9 Å². The standard InChI is InChI=1S/C18H22N8O/c1-13(20-10-9-19-2)26-11-5-6-14(12-26)17(27)23-18-22-16(24-25-18)15-7-3-4-8-21-15/h3-4,7-10,14H,2,5-6,11-12H2,1H3,(H2,22,23,24,25,27)/b10-9-,20-13+. The van der Waals surface area contributed by atoms with Gasteiger partial charge in [-0.2, -0.15) is 0 Å². The number of aromatic amines is 1. The maximum Gasteiger partial charge on any atom is 0.231 e. The zero-order valence-corrected chi connectivity index (χ0v) is 15.2. The predicted molar refractivity (Wildman–Crippen MR) is 104 cm³/mol. The maximum atomic E-state index is 12.6. The first-order valence-corrected chi connectivity index (χ1v) is 8.72. The lowest BCUT2D eigenvalue weighted by Crippen LogP contribution is -2.43. The molecule has 1 amide bonds. The third-order valence-corrected chi connectivity index (χ3v) is 4.32. The fourth-order valence-corrected chi connectivity index (χ4v) is 2.91. The third-order valence-electron chi connectivity index (χ3n) is 4.32. The highest BCUT2D eigenvalue weighted by atomic mass is 16.2. The molecule has 0 bridgehead atoms. The number of carbonyl (C=O) groups is 1. The summed E-state index contributed by atoms with van der Waals surface area (Å²) in [6.45, 7) is 6.78. The van der Waals surface area contributed by atoms with Gasteiger partial charge in [-0.05, 0) is 38.6 Å². The van der Waals surface area contributed by atoms with Gasteiger partial charge in [-0.1, -0.05) is 6.07 Å². The van der Waals surface area contributed by atoms with E-state index in [0.717, 1.165) is 25.2 Å². The van der Waals surface area contributed by atoms with Gasteiger partial charge in [0, 0.05) is 31.7 Å². The molecule has 1 fully saturated rings. The average molecular weight is 366 g/mol. The summed E-state index contributed by atoms with van der Waals surface area (Å²) in [5, 5.41) is 10.8. The number of amidine groups is 1. The minimum atomic E-state index is -0.145. The van der Waals surface area contributed by atoms with Crippen molar-refractivity contribution in [2.75, 3.05) is 18.4 Å². The minimum absolute atomic E-state index is 0.0838. The Labute approximate surface area is 157 Å². The molecule has 9 heteroatoms. The number of hydrogen-bond acceptors (Lipinski definition) is 6. The third kappa shape index (κ3) is 4.84. The van der Waals surface area contributed by atoms with Gasteiger partial charge in [0.1, 0.15) is 11.5 Å². The summed E-state index contributed by atoms with van der Waals surface area (Å²) in [5.74, 6) is 1.46. The van der Waals surface area contributed by atoms with E-state index in [2.05, 4.69) is 47.1 Å². The highest BCUT2D eigenvalue weighted by molar-refractivity contribution is 5.92. The molecule has 1 atom stereocenters. The molecule has 140 valence electrons. The van der Waals surface area contributed by atoms with E-state index >= 15 is 0 Å². The van der Waals surface area contributed by atoms with E-state index in [0.29, 0.717) is 24.0 Å². The lowest BCUT2D eigenvalue weighted by Gasteiger charge is -2.33. The van der Waals surface area contributed by atoms with Gasteiger partial charge in [0.05, 0.1) is 5.92 Å². The van der Waals surface area contributed by atoms with Crippen molar-refractivity contribution < 1.29 is 4.79 Å². The van der Waals surface area contributed by atoms with Gasteiger partial charge in [-0.25, -0.2) is 4.99 Å². The van der Waals surface area contributed by atoms with Crippen LogP contribution in [0.3, 0.4) is 0 Å². The molecule has 3 heterocycles. The molecule has 0 aromatic carbocycles. The van der Waals surface area contributed by atoms with E-state index in [9.17, 15) is 4.79 Å².